The Morgan fingerprint density at radius 2 is 1.89 bits per heavy atom. The number of sulfonamides is 1. The minimum Gasteiger partial charge on any atom is -0.351 e. The van der Waals surface area contributed by atoms with Crippen LogP contribution in [0.15, 0.2) is 40.8 Å². The first-order valence-corrected chi connectivity index (χ1v) is 9.82. The molecule has 0 saturated carbocycles. The van der Waals surface area contributed by atoms with Gasteiger partial charge in [-0.05, 0) is 44.2 Å². The zero-order valence-electron chi connectivity index (χ0n) is 15.2. The zero-order chi connectivity index (χ0) is 19.2. The molecule has 8 nitrogen and oxygen atoms in total. The van der Waals surface area contributed by atoms with Crippen LogP contribution >= 0.6 is 12.4 Å². The molecule has 2 amide bonds. The summed E-state index contributed by atoms with van der Waals surface area (Å²) in [5.41, 5.74) is 1.62. The molecule has 1 aromatic carbocycles. The van der Waals surface area contributed by atoms with Gasteiger partial charge in [0.2, 0.25) is 21.8 Å². The molecule has 0 aliphatic carbocycles. The first-order chi connectivity index (χ1) is 12.3. The molecule has 0 saturated heterocycles. The Bertz CT molecular complexity index is 794. The molecule has 1 unspecified atom stereocenters. The largest absolute Gasteiger partial charge is 0.351 e. The summed E-state index contributed by atoms with van der Waals surface area (Å²) in [6.07, 6.45) is 2.89. The molecule has 2 rings (SSSR count). The number of halogens is 1. The van der Waals surface area contributed by atoms with Gasteiger partial charge in [-0.2, -0.15) is 4.72 Å². The van der Waals surface area contributed by atoms with Crippen LogP contribution < -0.4 is 20.7 Å². The third-order valence-corrected chi connectivity index (χ3v) is 5.41. The second-order valence-electron chi connectivity index (χ2n) is 6.08. The summed E-state index contributed by atoms with van der Waals surface area (Å²) in [6, 6.07) is 4.82. The average molecular weight is 417 g/mol. The fourth-order valence-electron chi connectivity index (χ4n) is 2.46. The van der Waals surface area contributed by atoms with Gasteiger partial charge in [0, 0.05) is 25.7 Å². The van der Waals surface area contributed by atoms with Crippen molar-refractivity contribution in [2.45, 2.75) is 31.2 Å². The van der Waals surface area contributed by atoms with Crippen molar-refractivity contribution >= 4 is 39.9 Å². The van der Waals surface area contributed by atoms with E-state index in [1.165, 1.54) is 38.1 Å². The van der Waals surface area contributed by atoms with Crippen LogP contribution in [0.1, 0.15) is 20.3 Å². The lowest BCUT2D eigenvalue weighted by Gasteiger charge is -2.17. The number of rotatable bonds is 7. The topological polar surface area (TPSA) is 116 Å². The monoisotopic (exact) mass is 416 g/mol. The van der Waals surface area contributed by atoms with E-state index >= 15 is 0 Å². The summed E-state index contributed by atoms with van der Waals surface area (Å²) in [6.45, 7) is 4.93. The highest BCUT2D eigenvalue weighted by atomic mass is 35.5. The van der Waals surface area contributed by atoms with Crippen LogP contribution in [0.5, 0.6) is 0 Å². The van der Waals surface area contributed by atoms with Gasteiger partial charge in [0.15, 0.2) is 0 Å². The predicted molar refractivity (Wildman–Crippen MR) is 106 cm³/mol. The first kappa shape index (κ1) is 23.1. The van der Waals surface area contributed by atoms with Crippen molar-refractivity contribution in [2.75, 3.05) is 25.0 Å². The zero-order valence-corrected chi connectivity index (χ0v) is 16.9. The number of hydrogen-bond donors (Lipinski definition) is 4. The van der Waals surface area contributed by atoms with E-state index in [4.69, 9.17) is 0 Å². The fraction of sp³-hybridized carbons (Fsp3) is 0.412. The van der Waals surface area contributed by atoms with Crippen molar-refractivity contribution in [3.63, 3.8) is 0 Å². The lowest BCUT2D eigenvalue weighted by atomic mass is 10.1. The maximum atomic E-state index is 12.4. The molecule has 0 aromatic heterocycles. The molecule has 10 heteroatoms. The maximum absolute atomic E-state index is 12.4. The number of hydrogen-bond acceptors (Lipinski definition) is 5. The van der Waals surface area contributed by atoms with E-state index in [1.807, 2.05) is 6.08 Å². The number of carbonyl (C=O) groups is 2. The third kappa shape index (κ3) is 7.30. The molecule has 0 spiro atoms. The number of carbonyl (C=O) groups excluding carboxylic acids is 2. The third-order valence-electron chi connectivity index (χ3n) is 3.86. The van der Waals surface area contributed by atoms with E-state index in [0.29, 0.717) is 12.2 Å². The van der Waals surface area contributed by atoms with Crippen LogP contribution in [0.25, 0.3) is 0 Å². The van der Waals surface area contributed by atoms with Crippen molar-refractivity contribution in [1.29, 1.82) is 0 Å². The van der Waals surface area contributed by atoms with E-state index in [-0.39, 0.29) is 29.1 Å². The fourth-order valence-corrected chi connectivity index (χ4v) is 3.66. The van der Waals surface area contributed by atoms with E-state index in [2.05, 4.69) is 20.7 Å². The van der Waals surface area contributed by atoms with Crippen LogP contribution in [0, 0.1) is 0 Å². The summed E-state index contributed by atoms with van der Waals surface area (Å²) < 4.78 is 27.1. The van der Waals surface area contributed by atoms with Crippen LogP contribution in [-0.2, 0) is 19.6 Å². The Balaban J connectivity index is 0.00000364. The number of amides is 2. The minimum absolute atomic E-state index is 0. The van der Waals surface area contributed by atoms with Gasteiger partial charge in [0.25, 0.3) is 0 Å². The van der Waals surface area contributed by atoms with Gasteiger partial charge in [-0.25, -0.2) is 8.42 Å². The number of anilines is 1. The molecular formula is C17H25ClN4O4S. The van der Waals surface area contributed by atoms with E-state index in [9.17, 15) is 18.0 Å². The van der Waals surface area contributed by atoms with Crippen molar-refractivity contribution in [2.24, 2.45) is 0 Å². The Labute approximate surface area is 165 Å². The number of nitrogens with one attached hydrogen (secondary N) is 4. The number of benzene rings is 1. The molecule has 27 heavy (non-hydrogen) atoms. The molecule has 0 bridgehead atoms. The SMILES string of the molecule is CC(=O)Nc1ccc(S(=O)(=O)NC(C)C(=O)NCC2=CCNCC2)cc1.Cl. The minimum atomic E-state index is -3.84. The maximum Gasteiger partial charge on any atom is 0.241 e. The first-order valence-electron chi connectivity index (χ1n) is 8.34. The summed E-state index contributed by atoms with van der Waals surface area (Å²) in [7, 11) is -3.84. The van der Waals surface area contributed by atoms with Crippen molar-refractivity contribution in [1.82, 2.24) is 15.4 Å². The van der Waals surface area contributed by atoms with E-state index in [0.717, 1.165) is 25.1 Å². The molecular weight excluding hydrogens is 392 g/mol. The van der Waals surface area contributed by atoms with Crippen molar-refractivity contribution in [3.8, 4) is 0 Å². The molecule has 1 aliphatic rings. The second-order valence-corrected chi connectivity index (χ2v) is 7.80. The van der Waals surface area contributed by atoms with Gasteiger partial charge in [-0.15, -0.1) is 12.4 Å². The summed E-state index contributed by atoms with van der Waals surface area (Å²) >= 11 is 0. The van der Waals surface area contributed by atoms with Gasteiger partial charge in [-0.1, -0.05) is 11.6 Å². The van der Waals surface area contributed by atoms with Gasteiger partial charge in [-0.3, -0.25) is 9.59 Å². The normalized spacial score (nSPS) is 15.1. The Hall–Kier alpha value is -1.94. The van der Waals surface area contributed by atoms with Gasteiger partial charge >= 0.3 is 0 Å². The van der Waals surface area contributed by atoms with Crippen molar-refractivity contribution < 1.29 is 18.0 Å². The smallest absolute Gasteiger partial charge is 0.241 e. The van der Waals surface area contributed by atoms with Gasteiger partial charge in [0.05, 0.1) is 10.9 Å². The van der Waals surface area contributed by atoms with Gasteiger partial charge in [0.1, 0.15) is 0 Å². The standard InChI is InChI=1S/C17H24N4O4S.ClH/c1-12(17(23)19-11-14-7-9-18-10-8-14)21-26(24,25)16-5-3-15(4-6-16)20-13(2)22;/h3-7,12,18,21H,8-11H2,1-2H3,(H,19,23)(H,20,22);1H. The summed E-state index contributed by atoms with van der Waals surface area (Å²) in [5, 5.41) is 8.49. The van der Waals surface area contributed by atoms with Gasteiger partial charge < -0.3 is 16.0 Å². The molecule has 0 fully saturated rings. The highest BCUT2D eigenvalue weighted by molar-refractivity contribution is 7.89. The molecule has 1 heterocycles. The van der Waals surface area contributed by atoms with E-state index < -0.39 is 16.1 Å². The Morgan fingerprint density at radius 3 is 2.44 bits per heavy atom. The lowest BCUT2D eigenvalue weighted by molar-refractivity contribution is -0.122. The lowest BCUT2D eigenvalue weighted by Crippen LogP contribution is -2.45. The molecule has 1 atom stereocenters. The van der Waals surface area contributed by atoms with Crippen LogP contribution in [0.2, 0.25) is 0 Å². The van der Waals surface area contributed by atoms with Crippen LogP contribution in [0.4, 0.5) is 5.69 Å². The van der Waals surface area contributed by atoms with Crippen molar-refractivity contribution in [3.05, 3.63) is 35.9 Å². The Kier molecular flexibility index (Phi) is 8.91. The predicted octanol–water partition coefficient (Wildman–Crippen LogP) is 0.769. The highest BCUT2D eigenvalue weighted by Crippen LogP contribution is 2.14. The molecule has 4 N–H and O–H groups in total. The summed E-state index contributed by atoms with van der Waals surface area (Å²) in [4.78, 5) is 23.2. The van der Waals surface area contributed by atoms with Crippen LogP contribution in [-0.4, -0.2) is 45.9 Å². The Morgan fingerprint density at radius 1 is 1.22 bits per heavy atom. The highest BCUT2D eigenvalue weighted by Gasteiger charge is 2.22. The summed E-state index contributed by atoms with van der Waals surface area (Å²) in [5.74, 6) is -0.629. The van der Waals surface area contributed by atoms with Crippen LogP contribution in [0.3, 0.4) is 0 Å². The molecule has 1 aliphatic heterocycles. The molecule has 1 aromatic rings. The van der Waals surface area contributed by atoms with E-state index in [1.54, 1.807) is 0 Å². The average Bonchev–Trinajstić information content (AvgIpc) is 2.60. The second kappa shape index (κ2) is 10.4. The molecule has 0 radical (unpaired) electrons. The molecule has 150 valence electrons. The quantitative estimate of drug-likeness (QED) is 0.490.